The molecule has 7 nitrogen and oxygen atoms in total. The Balaban J connectivity index is 2.17. The van der Waals surface area contributed by atoms with E-state index in [1.165, 1.54) is 0 Å². The summed E-state index contributed by atoms with van der Waals surface area (Å²) in [5.41, 5.74) is 0.590. The van der Waals surface area contributed by atoms with E-state index in [1.807, 2.05) is 0 Å². The molecule has 0 aliphatic rings. The zero-order valence-electron chi connectivity index (χ0n) is 9.55. The van der Waals surface area contributed by atoms with Crippen molar-refractivity contribution in [1.29, 1.82) is 0 Å². The lowest BCUT2D eigenvalue weighted by Gasteiger charge is -1.96. The highest BCUT2D eigenvalue weighted by atomic mass is 32.1. The highest BCUT2D eigenvalue weighted by molar-refractivity contribution is 7.18. The number of aryl methyl sites for hydroxylation is 2. The van der Waals surface area contributed by atoms with Crippen molar-refractivity contribution in [2.75, 3.05) is 5.32 Å². The number of carboxylic acid groups (broad SMARTS) is 1. The number of carboxylic acids is 1. The van der Waals surface area contributed by atoms with Gasteiger partial charge in [-0.05, 0) is 18.6 Å². The van der Waals surface area contributed by atoms with Gasteiger partial charge >= 0.3 is 5.97 Å². The second-order valence-corrected chi connectivity index (χ2v) is 4.57. The topological polar surface area (TPSA) is 105 Å². The summed E-state index contributed by atoms with van der Waals surface area (Å²) in [6.07, 6.45) is 0. The lowest BCUT2D eigenvalue weighted by Crippen LogP contribution is -2.12. The molecular weight excluding hydrogens is 258 g/mol. The van der Waals surface area contributed by atoms with E-state index in [2.05, 4.69) is 20.0 Å². The van der Waals surface area contributed by atoms with Crippen LogP contribution in [-0.4, -0.2) is 27.1 Å². The molecule has 2 aromatic heterocycles. The average molecular weight is 267 g/mol. The van der Waals surface area contributed by atoms with Crippen LogP contribution in [0.4, 0.5) is 5.00 Å². The summed E-state index contributed by atoms with van der Waals surface area (Å²) in [6.45, 7) is 3.23. The molecule has 0 saturated heterocycles. The van der Waals surface area contributed by atoms with Crippen LogP contribution < -0.4 is 5.32 Å². The third-order valence-electron chi connectivity index (χ3n) is 2.08. The quantitative estimate of drug-likeness (QED) is 0.876. The molecule has 2 heterocycles. The summed E-state index contributed by atoms with van der Waals surface area (Å²) in [6, 6.07) is 1.58. The molecule has 0 aliphatic heterocycles. The smallest absolute Gasteiger partial charge is 0.346 e. The Kier molecular flexibility index (Phi) is 3.11. The van der Waals surface area contributed by atoms with Gasteiger partial charge in [-0.2, -0.15) is 4.98 Å². The lowest BCUT2D eigenvalue weighted by atomic mass is 10.3. The summed E-state index contributed by atoms with van der Waals surface area (Å²) in [5, 5.41) is 15.3. The molecule has 2 aromatic rings. The first-order chi connectivity index (χ1) is 8.47. The van der Waals surface area contributed by atoms with Crippen LogP contribution in [-0.2, 0) is 0 Å². The van der Waals surface area contributed by atoms with E-state index in [0.717, 1.165) is 11.3 Å². The first kappa shape index (κ1) is 12.2. The van der Waals surface area contributed by atoms with Crippen LogP contribution >= 0.6 is 11.3 Å². The number of carbonyl (C=O) groups excluding carboxylic acids is 1. The van der Waals surface area contributed by atoms with Crippen LogP contribution in [0.1, 0.15) is 31.7 Å². The number of aromatic nitrogens is 2. The second-order valence-electron chi connectivity index (χ2n) is 3.52. The van der Waals surface area contributed by atoms with Crippen molar-refractivity contribution >= 4 is 28.2 Å². The first-order valence-electron chi connectivity index (χ1n) is 4.92. The Hall–Kier alpha value is -2.22. The molecule has 1 amide bonds. The van der Waals surface area contributed by atoms with Crippen molar-refractivity contribution in [1.82, 2.24) is 10.1 Å². The molecule has 0 spiro atoms. The van der Waals surface area contributed by atoms with Crippen LogP contribution in [0.5, 0.6) is 0 Å². The van der Waals surface area contributed by atoms with E-state index in [0.29, 0.717) is 10.6 Å². The Labute approximate surface area is 105 Å². The maximum absolute atomic E-state index is 11.7. The van der Waals surface area contributed by atoms with Gasteiger partial charge in [0.2, 0.25) is 5.89 Å². The first-order valence-corrected chi connectivity index (χ1v) is 5.74. The summed E-state index contributed by atoms with van der Waals surface area (Å²) < 4.78 is 4.68. The monoisotopic (exact) mass is 267 g/mol. The normalized spacial score (nSPS) is 10.3. The number of rotatable bonds is 3. The minimum atomic E-state index is -1.02. The summed E-state index contributed by atoms with van der Waals surface area (Å²) in [7, 11) is 0. The Morgan fingerprint density at radius 3 is 2.67 bits per heavy atom. The van der Waals surface area contributed by atoms with Crippen molar-refractivity contribution in [3.8, 4) is 0 Å². The van der Waals surface area contributed by atoms with E-state index < -0.39 is 11.9 Å². The average Bonchev–Trinajstić information content (AvgIpc) is 2.85. The molecule has 0 aliphatic carbocycles. The fourth-order valence-electron chi connectivity index (χ4n) is 1.32. The zero-order valence-corrected chi connectivity index (χ0v) is 10.4. The molecule has 18 heavy (non-hydrogen) atoms. The van der Waals surface area contributed by atoms with Crippen LogP contribution in [0.3, 0.4) is 0 Å². The molecule has 2 N–H and O–H groups in total. The Bertz CT molecular complexity index is 616. The van der Waals surface area contributed by atoms with E-state index in [-0.39, 0.29) is 16.6 Å². The van der Waals surface area contributed by atoms with Gasteiger partial charge in [-0.1, -0.05) is 5.16 Å². The number of amides is 1. The molecular formula is C10H9N3O4S. The standard InChI is InChI=1S/C10H9N3O4S/c1-4-3-6(18-7(4)10(15)16)12-9(14)8-11-5(2)17-13-8/h3H,1-2H3,(H,12,14)(H,15,16). The molecule has 8 heteroatoms. The summed E-state index contributed by atoms with van der Waals surface area (Å²) in [4.78, 5) is 26.5. The SMILES string of the molecule is Cc1nc(C(=O)Nc2cc(C)c(C(=O)O)s2)no1. The molecule has 0 unspecified atom stereocenters. The molecule has 0 aromatic carbocycles. The maximum atomic E-state index is 11.7. The van der Waals surface area contributed by atoms with Crippen molar-refractivity contribution in [3.63, 3.8) is 0 Å². The molecule has 0 atom stereocenters. The number of hydrogen-bond acceptors (Lipinski definition) is 6. The van der Waals surface area contributed by atoms with Gasteiger partial charge in [0.05, 0.1) is 5.00 Å². The fourth-order valence-corrected chi connectivity index (χ4v) is 2.22. The highest BCUT2D eigenvalue weighted by Gasteiger charge is 2.17. The Morgan fingerprint density at radius 2 is 2.17 bits per heavy atom. The lowest BCUT2D eigenvalue weighted by molar-refractivity contribution is 0.0701. The van der Waals surface area contributed by atoms with Gasteiger partial charge in [0.15, 0.2) is 0 Å². The third kappa shape index (κ3) is 2.38. The van der Waals surface area contributed by atoms with Gasteiger partial charge in [-0.3, -0.25) is 4.79 Å². The van der Waals surface area contributed by atoms with Crippen LogP contribution in [0.2, 0.25) is 0 Å². The van der Waals surface area contributed by atoms with Crippen LogP contribution in [0.25, 0.3) is 0 Å². The predicted octanol–water partition coefficient (Wildman–Crippen LogP) is 1.70. The van der Waals surface area contributed by atoms with Gasteiger partial charge < -0.3 is 14.9 Å². The Morgan fingerprint density at radius 1 is 1.44 bits per heavy atom. The zero-order chi connectivity index (χ0) is 13.3. The molecule has 94 valence electrons. The molecule has 2 rings (SSSR count). The number of hydrogen-bond donors (Lipinski definition) is 2. The minimum absolute atomic E-state index is 0.0876. The number of aromatic carboxylic acids is 1. The third-order valence-corrected chi connectivity index (χ3v) is 3.22. The molecule has 0 bridgehead atoms. The van der Waals surface area contributed by atoms with E-state index in [9.17, 15) is 9.59 Å². The summed E-state index contributed by atoms with van der Waals surface area (Å²) in [5.74, 6) is -1.36. The fraction of sp³-hybridized carbons (Fsp3) is 0.200. The molecule has 0 fully saturated rings. The largest absolute Gasteiger partial charge is 0.477 e. The van der Waals surface area contributed by atoms with Crippen molar-refractivity contribution in [3.05, 3.63) is 28.2 Å². The number of anilines is 1. The van der Waals surface area contributed by atoms with Crippen LogP contribution in [0, 0.1) is 13.8 Å². The number of carbonyl (C=O) groups is 2. The van der Waals surface area contributed by atoms with Crippen LogP contribution in [0.15, 0.2) is 10.6 Å². The van der Waals surface area contributed by atoms with Crippen molar-refractivity contribution in [2.24, 2.45) is 0 Å². The number of thiophene rings is 1. The van der Waals surface area contributed by atoms with E-state index in [4.69, 9.17) is 5.11 Å². The number of nitrogens with zero attached hydrogens (tertiary/aromatic N) is 2. The van der Waals surface area contributed by atoms with Gasteiger partial charge in [-0.15, -0.1) is 11.3 Å². The number of nitrogens with one attached hydrogen (secondary N) is 1. The van der Waals surface area contributed by atoms with Gasteiger partial charge in [0, 0.05) is 6.92 Å². The highest BCUT2D eigenvalue weighted by Crippen LogP contribution is 2.26. The summed E-state index contributed by atoms with van der Waals surface area (Å²) >= 11 is 0.980. The van der Waals surface area contributed by atoms with E-state index in [1.54, 1.807) is 19.9 Å². The van der Waals surface area contributed by atoms with Crippen molar-refractivity contribution < 1.29 is 19.2 Å². The molecule has 0 saturated carbocycles. The second kappa shape index (κ2) is 4.57. The minimum Gasteiger partial charge on any atom is -0.477 e. The maximum Gasteiger partial charge on any atom is 0.346 e. The predicted molar refractivity (Wildman–Crippen MR) is 63.0 cm³/mol. The van der Waals surface area contributed by atoms with E-state index >= 15 is 0 Å². The van der Waals surface area contributed by atoms with Gasteiger partial charge in [0.25, 0.3) is 11.7 Å². The van der Waals surface area contributed by atoms with Gasteiger partial charge in [0.1, 0.15) is 4.88 Å². The molecule has 0 radical (unpaired) electrons. The van der Waals surface area contributed by atoms with Crippen molar-refractivity contribution in [2.45, 2.75) is 13.8 Å². The van der Waals surface area contributed by atoms with Gasteiger partial charge in [-0.25, -0.2) is 4.79 Å².